The van der Waals surface area contributed by atoms with E-state index in [-0.39, 0.29) is 41.8 Å². The summed E-state index contributed by atoms with van der Waals surface area (Å²) in [5, 5.41) is 13.6. The van der Waals surface area contributed by atoms with Gasteiger partial charge < -0.3 is 43.6 Å². The normalized spacial score (nSPS) is 16.7. The molecule has 2 aromatic rings. The Bertz CT molecular complexity index is 1780. The molecule has 0 saturated carbocycles. The maximum atomic E-state index is 13.3. The topological polar surface area (TPSA) is 165 Å². The predicted molar refractivity (Wildman–Crippen MR) is 229 cm³/mol. The molecular formula is C47H67NO12. The lowest BCUT2D eigenvalue weighted by Crippen LogP contribution is -2.30. The van der Waals surface area contributed by atoms with Crippen molar-refractivity contribution in [2.75, 3.05) is 42.2 Å². The fourth-order valence-electron chi connectivity index (χ4n) is 8.11. The van der Waals surface area contributed by atoms with E-state index in [4.69, 9.17) is 33.2 Å². The van der Waals surface area contributed by atoms with Gasteiger partial charge in [-0.3, -0.25) is 14.4 Å². The van der Waals surface area contributed by atoms with Crippen molar-refractivity contribution >= 4 is 17.8 Å². The number of benzene rings is 1. The number of hydrogen-bond acceptors (Lipinski definition) is 12. The van der Waals surface area contributed by atoms with E-state index in [0.717, 1.165) is 68.1 Å². The first-order chi connectivity index (χ1) is 29.1. The largest absolute Gasteiger partial charge is 0.493 e. The van der Waals surface area contributed by atoms with Crippen LogP contribution in [0.25, 0.3) is 11.1 Å². The molecule has 2 N–H and O–H groups in total. The number of rotatable bonds is 27. The number of unbranched alkanes of at least 4 members (excludes halogenated alkanes) is 11. The van der Waals surface area contributed by atoms with Gasteiger partial charge >= 0.3 is 11.9 Å². The molecule has 13 nitrogen and oxygen atoms in total. The lowest BCUT2D eigenvalue weighted by atomic mass is 9.95. The van der Waals surface area contributed by atoms with E-state index in [1.54, 1.807) is 39.5 Å². The summed E-state index contributed by atoms with van der Waals surface area (Å²) in [6.07, 6.45) is 17.6. The summed E-state index contributed by atoms with van der Waals surface area (Å²) in [4.78, 5) is 50.1. The molecule has 60 heavy (non-hydrogen) atoms. The standard InChI is InChI=1S/C47H67NO12/c1-54-35(29-33(49)28-34-19-18-22-44(53)60-34)31-59-43(52)21-17-15-13-11-9-7-6-8-10-12-14-16-20-42(51)48-38-25-23-32-27-41(56-3)46(57-4)47(58-5)45(32)36-24-26-40(55-2)39(50)30-37(36)38/h18,22,24,26-27,30,33-35,38,49H,6-17,19-21,23,25,28-29,31H2,1-5H3,(H,48,51)/t33-,34+,35+,38+/m1/s1. The molecular weight excluding hydrogens is 771 g/mol. The summed E-state index contributed by atoms with van der Waals surface area (Å²) in [5.41, 5.74) is 3.00. The monoisotopic (exact) mass is 837 g/mol. The first-order valence-electron chi connectivity index (χ1n) is 21.7. The molecule has 1 heterocycles. The molecule has 0 spiro atoms. The first-order valence-corrected chi connectivity index (χ1v) is 21.7. The van der Waals surface area contributed by atoms with E-state index < -0.39 is 18.2 Å². The van der Waals surface area contributed by atoms with Gasteiger partial charge in [0.1, 0.15) is 12.7 Å². The zero-order chi connectivity index (χ0) is 43.3. The lowest BCUT2D eigenvalue weighted by molar-refractivity contribution is -0.149. The Morgan fingerprint density at radius 2 is 1.43 bits per heavy atom. The number of hydrogen-bond donors (Lipinski definition) is 2. The van der Waals surface area contributed by atoms with Gasteiger partial charge in [-0.1, -0.05) is 76.4 Å². The third-order valence-corrected chi connectivity index (χ3v) is 11.4. The Hall–Kier alpha value is -4.62. The van der Waals surface area contributed by atoms with Gasteiger partial charge in [0.05, 0.1) is 46.7 Å². The second-order valence-corrected chi connectivity index (χ2v) is 15.7. The molecule has 0 fully saturated rings. The van der Waals surface area contributed by atoms with Crippen LogP contribution in [-0.2, 0) is 35.0 Å². The van der Waals surface area contributed by atoms with E-state index >= 15 is 0 Å². The van der Waals surface area contributed by atoms with Crippen molar-refractivity contribution < 1.29 is 52.6 Å². The molecule has 13 heteroatoms. The maximum absolute atomic E-state index is 13.3. The van der Waals surface area contributed by atoms with E-state index in [1.165, 1.54) is 46.0 Å². The van der Waals surface area contributed by atoms with Crippen molar-refractivity contribution in [3.8, 4) is 34.1 Å². The van der Waals surface area contributed by atoms with Gasteiger partial charge in [0.15, 0.2) is 17.2 Å². The Morgan fingerprint density at radius 3 is 2.03 bits per heavy atom. The number of aryl methyl sites for hydroxylation is 1. The quantitative estimate of drug-likeness (QED) is 0.0662. The zero-order valence-electron chi connectivity index (χ0n) is 36.4. The van der Waals surface area contributed by atoms with Gasteiger partial charge in [0, 0.05) is 50.9 Å². The summed E-state index contributed by atoms with van der Waals surface area (Å²) < 4.78 is 38.5. The molecule has 0 bridgehead atoms. The highest BCUT2D eigenvalue weighted by Crippen LogP contribution is 2.50. The Labute approximate surface area is 355 Å². The molecule has 1 aliphatic heterocycles. The highest BCUT2D eigenvalue weighted by molar-refractivity contribution is 5.84. The molecule has 0 saturated heterocycles. The summed E-state index contributed by atoms with van der Waals surface area (Å²) in [6.45, 7) is 0.0864. The fourth-order valence-corrected chi connectivity index (χ4v) is 8.11. The second kappa shape index (κ2) is 25.9. The summed E-state index contributed by atoms with van der Waals surface area (Å²) in [6, 6.07) is 6.64. The zero-order valence-corrected chi connectivity index (χ0v) is 36.4. The second-order valence-electron chi connectivity index (χ2n) is 15.7. The number of ether oxygens (including phenoxy) is 7. The smallest absolute Gasteiger partial charge is 0.330 e. The first kappa shape index (κ1) is 48.1. The van der Waals surface area contributed by atoms with Crippen molar-refractivity contribution in [1.82, 2.24) is 5.32 Å². The molecule has 0 unspecified atom stereocenters. The number of nitrogens with one attached hydrogen (secondary N) is 1. The number of methoxy groups -OCH3 is 5. The third kappa shape index (κ3) is 14.8. The molecule has 2 aromatic carbocycles. The van der Waals surface area contributed by atoms with E-state index in [0.29, 0.717) is 67.8 Å². The SMILES string of the molecule is COc1cc2c(c(OC)c1OC)-c1ccc(OC)c(=O)cc1[C@@H](NC(=O)CCCCCCCCCCCCCCC(=O)OC[C@H](C[C@H](O)C[C@@H]1CC=CC(=O)O1)OC)CC2. The number of aliphatic hydroxyl groups is 1. The molecule has 2 aliphatic rings. The highest BCUT2D eigenvalue weighted by atomic mass is 16.6. The Balaban J connectivity index is 1.07. The summed E-state index contributed by atoms with van der Waals surface area (Å²) in [5.74, 6) is 1.05. The average molecular weight is 838 g/mol. The van der Waals surface area contributed by atoms with Gasteiger partial charge in [-0.25, -0.2) is 4.79 Å². The Morgan fingerprint density at radius 1 is 0.800 bits per heavy atom. The number of fused-ring (bicyclic) bond motifs is 3. The number of carbonyl (C=O) groups is 3. The van der Waals surface area contributed by atoms with Crippen LogP contribution in [0.5, 0.6) is 23.0 Å². The summed E-state index contributed by atoms with van der Waals surface area (Å²) in [7, 11) is 7.72. The van der Waals surface area contributed by atoms with E-state index in [2.05, 4.69) is 5.32 Å². The van der Waals surface area contributed by atoms with Gasteiger partial charge in [0.2, 0.25) is 17.1 Å². The molecule has 0 radical (unpaired) electrons. The summed E-state index contributed by atoms with van der Waals surface area (Å²) >= 11 is 0. The molecule has 332 valence electrons. The van der Waals surface area contributed by atoms with E-state index in [9.17, 15) is 24.3 Å². The number of esters is 2. The average Bonchev–Trinajstić information content (AvgIpc) is 3.49. The number of cyclic esters (lactones) is 1. The van der Waals surface area contributed by atoms with E-state index in [1.807, 2.05) is 12.1 Å². The van der Waals surface area contributed by atoms with Crippen LogP contribution in [-0.4, -0.2) is 83.4 Å². The predicted octanol–water partition coefficient (Wildman–Crippen LogP) is 7.88. The van der Waals surface area contributed by atoms with Crippen LogP contribution in [0.15, 0.2) is 41.2 Å². The Kier molecular flexibility index (Phi) is 20.7. The van der Waals surface area contributed by atoms with Crippen molar-refractivity contribution in [2.24, 2.45) is 0 Å². The van der Waals surface area contributed by atoms with Crippen LogP contribution in [0, 0.1) is 0 Å². The van der Waals surface area contributed by atoms with Gasteiger partial charge in [-0.15, -0.1) is 0 Å². The number of aliphatic hydroxyl groups excluding tert-OH is 1. The number of carbonyl (C=O) groups excluding carboxylic acids is 3. The van der Waals surface area contributed by atoms with Crippen molar-refractivity contribution in [3.05, 3.63) is 57.8 Å². The minimum absolute atomic E-state index is 0.0340. The molecule has 1 aliphatic carbocycles. The van der Waals surface area contributed by atoms with Gasteiger partial charge in [-0.2, -0.15) is 0 Å². The molecule has 4 atom stereocenters. The lowest BCUT2D eigenvalue weighted by Gasteiger charge is -2.24. The minimum Gasteiger partial charge on any atom is -0.493 e. The van der Waals surface area contributed by atoms with Crippen LogP contribution in [0.1, 0.15) is 133 Å². The van der Waals surface area contributed by atoms with Crippen LogP contribution < -0.4 is 29.7 Å². The maximum Gasteiger partial charge on any atom is 0.330 e. The van der Waals surface area contributed by atoms with Gasteiger partial charge in [-0.05, 0) is 60.6 Å². The van der Waals surface area contributed by atoms with Crippen molar-refractivity contribution in [1.29, 1.82) is 0 Å². The molecule has 0 aromatic heterocycles. The van der Waals surface area contributed by atoms with Crippen LogP contribution in [0.2, 0.25) is 0 Å². The minimum atomic E-state index is -0.725. The van der Waals surface area contributed by atoms with Crippen LogP contribution in [0.4, 0.5) is 0 Å². The number of amides is 1. The third-order valence-electron chi connectivity index (χ3n) is 11.4. The van der Waals surface area contributed by atoms with Crippen molar-refractivity contribution in [2.45, 2.75) is 146 Å². The highest BCUT2D eigenvalue weighted by Gasteiger charge is 2.30. The molecule has 1 amide bonds. The molecule has 4 rings (SSSR count). The van der Waals surface area contributed by atoms with Crippen molar-refractivity contribution in [3.63, 3.8) is 0 Å². The fraction of sp³-hybridized carbons (Fsp3) is 0.617. The van der Waals surface area contributed by atoms with Crippen LogP contribution in [0.3, 0.4) is 0 Å². The van der Waals surface area contributed by atoms with Crippen LogP contribution >= 0.6 is 0 Å². The van der Waals surface area contributed by atoms with Gasteiger partial charge in [0.25, 0.3) is 0 Å².